The van der Waals surface area contributed by atoms with Gasteiger partial charge in [0.2, 0.25) is 0 Å². The van der Waals surface area contributed by atoms with Crippen molar-refractivity contribution in [1.82, 2.24) is 49.8 Å². The zero-order valence-corrected chi connectivity index (χ0v) is 73.4. The molecule has 0 saturated carbocycles. The van der Waals surface area contributed by atoms with Gasteiger partial charge in [-0.15, -0.1) is 0 Å². The van der Waals surface area contributed by atoms with Crippen LogP contribution in [0.1, 0.15) is 27.7 Å². The van der Waals surface area contributed by atoms with Crippen molar-refractivity contribution in [3.05, 3.63) is 425 Å². The molecule has 0 bridgehead atoms. The topological polar surface area (TPSA) is 191 Å². The fourth-order valence-electron chi connectivity index (χ4n) is 15.7. The molecule has 0 aliphatic carbocycles. The Morgan fingerprint density at radius 1 is 0.248 bits per heavy atom. The summed E-state index contributed by atoms with van der Waals surface area (Å²) in [7, 11) is -6.18. The molecule has 133 heavy (non-hydrogen) atoms. The van der Waals surface area contributed by atoms with E-state index in [1.54, 1.807) is 12.1 Å². The molecule has 20 aromatic rings. The first kappa shape index (κ1) is 86.1. The molecule has 4 aromatic heterocycles. The molecule has 1 fully saturated rings. The maximum Gasteiger partial charge on any atom is 0.534 e. The van der Waals surface area contributed by atoms with Gasteiger partial charge in [-0.3, -0.25) is 0 Å². The number of hydrogen-bond donors (Lipinski definition) is 0. The van der Waals surface area contributed by atoms with Crippen LogP contribution in [0, 0.1) is 0 Å². The lowest BCUT2D eigenvalue weighted by Gasteiger charge is -2.32. The zero-order chi connectivity index (χ0) is 91.1. The van der Waals surface area contributed by atoms with Crippen LogP contribution in [0.25, 0.3) is 191 Å². The van der Waals surface area contributed by atoms with Gasteiger partial charge in [0.25, 0.3) is 0 Å². The minimum atomic E-state index is -5.80. The quantitative estimate of drug-likeness (QED) is 0.0447. The average Bonchev–Trinajstić information content (AvgIpc) is 1.68. The van der Waals surface area contributed by atoms with Gasteiger partial charge in [0.05, 0.1) is 34.0 Å². The van der Waals surface area contributed by atoms with E-state index in [1.807, 2.05) is 243 Å². The number of halogens is 3. The maximum atomic E-state index is 12.9. The van der Waals surface area contributed by atoms with E-state index in [0.717, 1.165) is 123 Å². The molecule has 16 aromatic carbocycles. The van der Waals surface area contributed by atoms with Crippen molar-refractivity contribution in [1.29, 1.82) is 0 Å². The van der Waals surface area contributed by atoms with E-state index in [1.165, 1.54) is 29.0 Å². The summed E-state index contributed by atoms with van der Waals surface area (Å²) in [5, 5.41) is 3.59. The number of alkyl halides is 3. The van der Waals surface area contributed by atoms with Crippen molar-refractivity contribution in [3.8, 4) is 175 Å². The highest BCUT2D eigenvalue weighted by Crippen LogP contribution is 2.41. The fraction of sp³-hybridized carbons (Fsp3) is 0.0619. The molecular formula is C113H82BF3N10O5S. The summed E-state index contributed by atoms with van der Waals surface area (Å²) in [6.07, 6.45) is 0. The van der Waals surface area contributed by atoms with Gasteiger partial charge in [0.1, 0.15) is 5.75 Å². The van der Waals surface area contributed by atoms with Gasteiger partial charge in [-0.2, -0.15) is 21.6 Å². The Kier molecular flexibility index (Phi) is 24.3. The Morgan fingerprint density at radius 3 is 0.820 bits per heavy atom. The largest absolute Gasteiger partial charge is 0.534 e. The molecule has 21 rings (SSSR count). The van der Waals surface area contributed by atoms with Gasteiger partial charge in [-0.25, -0.2) is 49.8 Å². The molecule has 20 heteroatoms. The molecule has 5 heterocycles. The van der Waals surface area contributed by atoms with Gasteiger partial charge >= 0.3 is 22.7 Å². The first-order valence-corrected chi connectivity index (χ1v) is 44.7. The van der Waals surface area contributed by atoms with Crippen LogP contribution >= 0.6 is 0 Å². The van der Waals surface area contributed by atoms with Gasteiger partial charge < -0.3 is 13.5 Å². The number of benzene rings is 16. The van der Waals surface area contributed by atoms with E-state index in [0.29, 0.717) is 62.9 Å². The van der Waals surface area contributed by atoms with Crippen molar-refractivity contribution in [3.63, 3.8) is 0 Å². The Balaban J connectivity index is 0.000000134. The number of fused-ring (bicyclic) bond motifs is 2. The van der Waals surface area contributed by atoms with E-state index >= 15 is 0 Å². The summed E-state index contributed by atoms with van der Waals surface area (Å²) in [5.74, 6) is 4.44. The second-order valence-electron chi connectivity index (χ2n) is 32.8. The van der Waals surface area contributed by atoms with Crippen molar-refractivity contribution >= 4 is 44.2 Å². The SMILES string of the molecule is CC1(C)OB(c2ccc(-c3cc(-c4ccccc4)nc(-c4ccccc4)n3)cc2)OC1(C)C.O=S(=O)(Oc1ccc2cccc(-c3ccc(-c4nc(-c5ccccc5)nc(-c5ccccc5)n4)cc3)c2c1)C(F)(F)F.c1ccc(-c2cc(-c3ccc(-c4ccc5cccc(-c6ccc(-c7nc(-c8ccccc8)nc(-c8ccccc8)n7)cc6)c5c4)cc3)nc(-c3ccccc3)n2)cc1. The molecule has 1 saturated heterocycles. The lowest BCUT2D eigenvalue weighted by molar-refractivity contribution is -0.0500. The summed E-state index contributed by atoms with van der Waals surface area (Å²) in [5.41, 5.74) is 15.7. The normalized spacial score (nSPS) is 12.7. The predicted molar refractivity (Wildman–Crippen MR) is 525 cm³/mol. The number of rotatable bonds is 18. The Morgan fingerprint density at radius 2 is 0.496 bits per heavy atom. The standard InChI is InChI=1S/C53H35N5.C32H20F3N3O3S.C28H27BN2O2/c1-5-14-39(15-6-1)48-35-49(55-50(54-48)41-16-7-2-8-17-41)40-29-24-36(25-30-40)45-33-28-37-22-13-23-46(47(37)34-45)38-26-31-44(32-27-38)53-57-51(42-18-9-3-10-19-42)56-52(58-53)43-20-11-4-12-21-43;33-32(34,35)42(39,40)41-26-19-18-21-12-7-13-27(28(21)20-26)22-14-16-25(17-15-22)31-37-29(23-8-3-1-4-9-23)36-30(38-31)24-10-5-2-6-11-24;1-27(2)28(3,4)33-29(32-27)23-17-15-21(16-18-23)25-19-24(20-11-7-5-8-12-20)30-26(31-25)22-13-9-6-10-14-22/h1-35H;1-20H;5-19H,1-4H3. The minimum Gasteiger partial charge on any atom is -0.399 e. The average molecular weight is 1760 g/mol. The Bertz CT molecular complexity index is 7430. The second-order valence-corrected chi connectivity index (χ2v) is 34.4. The number of nitrogens with zero attached hydrogens (tertiary/aromatic N) is 10. The van der Waals surface area contributed by atoms with E-state index in [4.69, 9.17) is 59.1 Å². The predicted octanol–water partition coefficient (Wildman–Crippen LogP) is 26.8. The van der Waals surface area contributed by atoms with Crippen molar-refractivity contribution in [2.45, 2.75) is 44.4 Å². The lowest BCUT2D eigenvalue weighted by atomic mass is 9.79. The van der Waals surface area contributed by atoms with Crippen LogP contribution in [0.4, 0.5) is 13.2 Å². The molecule has 0 amide bonds. The van der Waals surface area contributed by atoms with Crippen LogP contribution in [-0.2, 0) is 19.4 Å². The smallest absolute Gasteiger partial charge is 0.399 e. The number of hydrogen-bond acceptors (Lipinski definition) is 15. The van der Waals surface area contributed by atoms with Gasteiger partial charge in [-0.1, -0.05) is 394 Å². The molecule has 0 spiro atoms. The minimum absolute atomic E-state index is 0.363. The third-order valence-electron chi connectivity index (χ3n) is 23.4. The molecule has 0 N–H and O–H groups in total. The van der Waals surface area contributed by atoms with Gasteiger partial charge in [0, 0.05) is 66.8 Å². The summed E-state index contributed by atoms with van der Waals surface area (Å²) < 4.78 is 78.5. The third kappa shape index (κ3) is 19.3. The zero-order valence-electron chi connectivity index (χ0n) is 72.5. The van der Waals surface area contributed by atoms with E-state index in [2.05, 4.69) is 184 Å². The molecule has 15 nitrogen and oxygen atoms in total. The van der Waals surface area contributed by atoms with E-state index < -0.39 is 21.4 Å². The fourth-order valence-corrected chi connectivity index (χ4v) is 16.1. The van der Waals surface area contributed by atoms with Crippen LogP contribution in [-0.4, -0.2) is 82.1 Å². The monoisotopic (exact) mass is 1760 g/mol. The lowest BCUT2D eigenvalue weighted by Crippen LogP contribution is -2.41. The molecular weight excluding hydrogens is 1680 g/mol. The highest BCUT2D eigenvalue weighted by molar-refractivity contribution is 7.88. The summed E-state index contributed by atoms with van der Waals surface area (Å²) in [6.45, 7) is 8.27. The van der Waals surface area contributed by atoms with Crippen molar-refractivity contribution in [2.24, 2.45) is 0 Å². The maximum absolute atomic E-state index is 12.9. The summed E-state index contributed by atoms with van der Waals surface area (Å²) in [4.78, 5) is 48.6. The molecule has 644 valence electrons. The van der Waals surface area contributed by atoms with Crippen molar-refractivity contribution < 1.29 is 35.1 Å². The Labute approximate surface area is 768 Å². The van der Waals surface area contributed by atoms with Crippen LogP contribution < -0.4 is 9.65 Å². The van der Waals surface area contributed by atoms with Crippen LogP contribution in [0.15, 0.2) is 425 Å². The molecule has 1 aliphatic rings. The second kappa shape index (κ2) is 37.4. The highest BCUT2D eigenvalue weighted by atomic mass is 32.2. The van der Waals surface area contributed by atoms with Crippen LogP contribution in [0.3, 0.4) is 0 Å². The molecule has 0 unspecified atom stereocenters. The molecule has 0 atom stereocenters. The third-order valence-corrected chi connectivity index (χ3v) is 24.4. The Hall–Kier alpha value is -16.3. The summed E-state index contributed by atoms with van der Waals surface area (Å²) >= 11 is 0. The molecule has 0 radical (unpaired) electrons. The molecule has 1 aliphatic heterocycles. The van der Waals surface area contributed by atoms with Crippen LogP contribution in [0.5, 0.6) is 5.75 Å². The van der Waals surface area contributed by atoms with Gasteiger partial charge in [-0.05, 0) is 118 Å². The number of aromatic nitrogens is 10. The van der Waals surface area contributed by atoms with E-state index in [9.17, 15) is 21.6 Å². The van der Waals surface area contributed by atoms with Crippen molar-refractivity contribution in [2.75, 3.05) is 0 Å². The van der Waals surface area contributed by atoms with E-state index in [-0.39, 0.29) is 18.3 Å². The first-order valence-electron chi connectivity index (χ1n) is 43.3. The van der Waals surface area contributed by atoms with Crippen LogP contribution in [0.2, 0.25) is 0 Å². The highest BCUT2D eigenvalue weighted by Gasteiger charge is 2.52. The van der Waals surface area contributed by atoms with Gasteiger partial charge in [0.15, 0.2) is 46.6 Å². The summed E-state index contributed by atoms with van der Waals surface area (Å²) in [6, 6.07) is 140. The first-order chi connectivity index (χ1) is 64.7.